The Labute approximate surface area is 190 Å². The van der Waals surface area contributed by atoms with Crippen LogP contribution in [0, 0.1) is 15.9 Å². The zero-order valence-electron chi connectivity index (χ0n) is 18.2. The molecule has 0 spiro atoms. The van der Waals surface area contributed by atoms with E-state index in [4.69, 9.17) is 9.47 Å². The molecular formula is C21H24FN3O7S. The maximum Gasteiger partial charge on any atom is 0.312 e. The summed E-state index contributed by atoms with van der Waals surface area (Å²) in [5.41, 5.74) is 0.214. The van der Waals surface area contributed by atoms with Gasteiger partial charge in [0.05, 0.1) is 24.0 Å². The fourth-order valence-electron chi connectivity index (χ4n) is 3.57. The normalized spacial score (nSPS) is 14.7. The second-order valence-corrected chi connectivity index (χ2v) is 9.28. The highest BCUT2D eigenvalue weighted by Gasteiger charge is 2.31. The fourth-order valence-corrected chi connectivity index (χ4v) is 5.02. The number of ether oxygens (including phenoxy) is 2. The number of amides is 1. The highest BCUT2D eigenvalue weighted by atomic mass is 32.2. The third kappa shape index (κ3) is 5.40. The van der Waals surface area contributed by atoms with Crippen molar-refractivity contribution in [2.45, 2.75) is 17.7 Å². The van der Waals surface area contributed by atoms with E-state index < -0.39 is 26.5 Å². The molecular weight excluding hydrogens is 457 g/mol. The van der Waals surface area contributed by atoms with Gasteiger partial charge in [-0.25, -0.2) is 12.8 Å². The van der Waals surface area contributed by atoms with Gasteiger partial charge in [0.25, 0.3) is 0 Å². The van der Waals surface area contributed by atoms with E-state index in [1.165, 1.54) is 42.8 Å². The number of carbonyl (C=O) groups is 1. The molecule has 1 amide bonds. The number of aryl methyl sites for hydroxylation is 1. The molecule has 2 aromatic rings. The van der Waals surface area contributed by atoms with Crippen molar-refractivity contribution in [2.24, 2.45) is 0 Å². The number of nitro benzene ring substituents is 1. The Morgan fingerprint density at radius 2 is 1.70 bits per heavy atom. The zero-order chi connectivity index (χ0) is 24.2. The van der Waals surface area contributed by atoms with Crippen LogP contribution in [0.2, 0.25) is 0 Å². The number of piperazine rings is 1. The van der Waals surface area contributed by atoms with Crippen LogP contribution in [0.1, 0.15) is 12.0 Å². The summed E-state index contributed by atoms with van der Waals surface area (Å²) in [5, 5.41) is 11.2. The van der Waals surface area contributed by atoms with Crippen LogP contribution in [-0.4, -0.2) is 68.9 Å². The second-order valence-electron chi connectivity index (χ2n) is 7.34. The van der Waals surface area contributed by atoms with E-state index in [1.54, 1.807) is 11.0 Å². The van der Waals surface area contributed by atoms with Crippen LogP contribution in [0.25, 0.3) is 0 Å². The molecule has 12 heteroatoms. The Kier molecular flexibility index (Phi) is 7.49. The lowest BCUT2D eigenvalue weighted by Gasteiger charge is -2.34. The van der Waals surface area contributed by atoms with Crippen LogP contribution in [-0.2, 0) is 21.2 Å². The number of nitrogens with zero attached hydrogens (tertiary/aromatic N) is 3. The zero-order valence-corrected chi connectivity index (χ0v) is 19.0. The Hall–Kier alpha value is -3.25. The highest BCUT2D eigenvalue weighted by molar-refractivity contribution is 7.89. The number of hydrogen-bond acceptors (Lipinski definition) is 7. The minimum Gasteiger partial charge on any atom is -0.494 e. The van der Waals surface area contributed by atoms with Gasteiger partial charge in [-0.05, 0) is 36.2 Å². The summed E-state index contributed by atoms with van der Waals surface area (Å²) in [6, 6.07) is 7.99. The van der Waals surface area contributed by atoms with Gasteiger partial charge in [-0.2, -0.15) is 4.31 Å². The molecule has 0 aromatic heterocycles. The lowest BCUT2D eigenvalue weighted by molar-refractivity contribution is -0.386. The molecule has 1 aliphatic rings. The molecule has 1 aliphatic heterocycles. The lowest BCUT2D eigenvalue weighted by Crippen LogP contribution is -2.50. The molecule has 0 aliphatic carbocycles. The van der Waals surface area contributed by atoms with Crippen LogP contribution < -0.4 is 9.47 Å². The number of halogens is 1. The molecule has 1 fully saturated rings. The SMILES string of the molecule is COc1ccc(CCC(=O)N2CCN(S(=O)(=O)c3ccc(OC)c([N+](=O)[O-])c3)CC2)cc1F. The standard InChI is InChI=1S/C21H24FN3O7S/c1-31-19-6-3-15(13-17(19)22)4-8-21(26)23-9-11-24(12-10-23)33(29,30)16-5-7-20(32-2)18(14-16)25(27)28/h3,5-7,13-14H,4,8-12H2,1-2H3. The van der Waals surface area contributed by atoms with Gasteiger partial charge in [-0.15, -0.1) is 0 Å². The van der Waals surface area contributed by atoms with Crippen molar-refractivity contribution < 1.29 is 32.0 Å². The number of carbonyl (C=O) groups excluding carboxylic acids is 1. The smallest absolute Gasteiger partial charge is 0.312 e. The van der Waals surface area contributed by atoms with Crippen molar-refractivity contribution in [3.8, 4) is 11.5 Å². The number of benzene rings is 2. The first-order valence-electron chi connectivity index (χ1n) is 10.1. The van der Waals surface area contributed by atoms with Crippen molar-refractivity contribution in [1.82, 2.24) is 9.21 Å². The molecule has 0 unspecified atom stereocenters. The van der Waals surface area contributed by atoms with Crippen molar-refractivity contribution in [3.63, 3.8) is 0 Å². The van der Waals surface area contributed by atoms with Gasteiger partial charge >= 0.3 is 5.69 Å². The molecule has 0 saturated carbocycles. The van der Waals surface area contributed by atoms with Crippen molar-refractivity contribution in [2.75, 3.05) is 40.4 Å². The number of rotatable bonds is 8. The Morgan fingerprint density at radius 3 is 2.27 bits per heavy atom. The lowest BCUT2D eigenvalue weighted by atomic mass is 10.1. The minimum absolute atomic E-state index is 0.0360. The molecule has 10 nitrogen and oxygen atoms in total. The first-order valence-corrected chi connectivity index (χ1v) is 11.5. The number of sulfonamides is 1. The summed E-state index contributed by atoms with van der Waals surface area (Å²) >= 11 is 0. The van der Waals surface area contributed by atoms with Crippen LogP contribution in [0.15, 0.2) is 41.3 Å². The second kappa shape index (κ2) is 10.1. The van der Waals surface area contributed by atoms with Crippen LogP contribution in [0.4, 0.5) is 10.1 Å². The molecule has 0 N–H and O–H groups in total. The van der Waals surface area contributed by atoms with E-state index in [0.717, 1.165) is 6.07 Å². The number of nitro groups is 1. The molecule has 1 heterocycles. The van der Waals surface area contributed by atoms with Crippen LogP contribution >= 0.6 is 0 Å². The third-order valence-electron chi connectivity index (χ3n) is 5.42. The molecule has 0 atom stereocenters. The Balaban J connectivity index is 1.60. The predicted molar refractivity (Wildman–Crippen MR) is 116 cm³/mol. The molecule has 2 aromatic carbocycles. The quantitative estimate of drug-likeness (QED) is 0.419. The van der Waals surface area contributed by atoms with Gasteiger partial charge in [0, 0.05) is 38.7 Å². The molecule has 0 radical (unpaired) electrons. The minimum atomic E-state index is -3.98. The molecule has 0 bridgehead atoms. The Bertz CT molecular complexity index is 1150. The van der Waals surface area contributed by atoms with Gasteiger partial charge in [-0.3, -0.25) is 14.9 Å². The summed E-state index contributed by atoms with van der Waals surface area (Å²) < 4.78 is 50.7. The van der Waals surface area contributed by atoms with Gasteiger partial charge in [0.15, 0.2) is 17.3 Å². The van der Waals surface area contributed by atoms with Crippen molar-refractivity contribution in [1.29, 1.82) is 0 Å². The van der Waals surface area contributed by atoms with E-state index in [-0.39, 0.29) is 54.9 Å². The largest absolute Gasteiger partial charge is 0.494 e. The summed E-state index contributed by atoms with van der Waals surface area (Å²) in [7, 11) is -1.34. The van der Waals surface area contributed by atoms with Gasteiger partial charge in [0.2, 0.25) is 15.9 Å². The monoisotopic (exact) mass is 481 g/mol. The van der Waals surface area contributed by atoms with Crippen LogP contribution in [0.3, 0.4) is 0 Å². The molecule has 1 saturated heterocycles. The molecule has 33 heavy (non-hydrogen) atoms. The first kappa shape index (κ1) is 24.4. The Morgan fingerprint density at radius 1 is 1.06 bits per heavy atom. The average Bonchev–Trinajstić information content (AvgIpc) is 2.82. The van der Waals surface area contributed by atoms with E-state index in [2.05, 4.69) is 0 Å². The number of methoxy groups -OCH3 is 2. The maximum atomic E-state index is 13.8. The third-order valence-corrected chi connectivity index (χ3v) is 7.31. The summed E-state index contributed by atoms with van der Waals surface area (Å²) in [6.45, 7) is 0.497. The van der Waals surface area contributed by atoms with Gasteiger partial charge in [-0.1, -0.05) is 6.07 Å². The predicted octanol–water partition coefficient (Wildman–Crippen LogP) is 2.22. The van der Waals surface area contributed by atoms with Crippen LogP contribution in [0.5, 0.6) is 11.5 Å². The average molecular weight is 482 g/mol. The van der Waals surface area contributed by atoms with E-state index in [1.807, 2.05) is 0 Å². The fraction of sp³-hybridized carbons (Fsp3) is 0.381. The van der Waals surface area contributed by atoms with E-state index >= 15 is 0 Å². The van der Waals surface area contributed by atoms with Gasteiger partial charge in [0.1, 0.15) is 0 Å². The summed E-state index contributed by atoms with van der Waals surface area (Å²) in [5.74, 6) is -0.570. The first-order chi connectivity index (χ1) is 15.7. The molecule has 3 rings (SSSR count). The number of hydrogen-bond donors (Lipinski definition) is 0. The van der Waals surface area contributed by atoms with Crippen molar-refractivity contribution in [3.05, 3.63) is 57.9 Å². The van der Waals surface area contributed by atoms with E-state index in [9.17, 15) is 27.7 Å². The highest BCUT2D eigenvalue weighted by Crippen LogP contribution is 2.31. The maximum absolute atomic E-state index is 13.8. The topological polar surface area (TPSA) is 119 Å². The molecule has 178 valence electrons. The van der Waals surface area contributed by atoms with E-state index in [0.29, 0.717) is 12.0 Å². The van der Waals surface area contributed by atoms with Gasteiger partial charge < -0.3 is 14.4 Å². The van der Waals surface area contributed by atoms with Crippen molar-refractivity contribution >= 4 is 21.6 Å². The summed E-state index contributed by atoms with van der Waals surface area (Å²) in [4.78, 5) is 24.4. The summed E-state index contributed by atoms with van der Waals surface area (Å²) in [6.07, 6.45) is 0.497.